The van der Waals surface area contributed by atoms with Crippen LogP contribution in [-0.2, 0) is 12.8 Å². The second-order valence-corrected chi connectivity index (χ2v) is 8.83. The summed E-state index contributed by atoms with van der Waals surface area (Å²) in [7, 11) is 0. The van der Waals surface area contributed by atoms with Gasteiger partial charge in [0.05, 0.1) is 16.6 Å². The Morgan fingerprint density at radius 2 is 2.00 bits per heavy atom. The zero-order valence-corrected chi connectivity index (χ0v) is 17.7. The van der Waals surface area contributed by atoms with E-state index < -0.39 is 0 Å². The third-order valence-electron chi connectivity index (χ3n) is 5.57. The van der Waals surface area contributed by atoms with Gasteiger partial charge in [-0.15, -0.1) is 16.4 Å². The lowest BCUT2D eigenvalue weighted by molar-refractivity contribution is 0.101. The number of hydrogen-bond acceptors (Lipinski definition) is 6. The molecule has 0 bridgehead atoms. The summed E-state index contributed by atoms with van der Waals surface area (Å²) in [5.74, 6) is 0.948. The molecule has 2 N–H and O–H groups in total. The maximum Gasteiger partial charge on any atom is 0.296 e. The van der Waals surface area contributed by atoms with Crippen molar-refractivity contribution < 1.29 is 4.79 Å². The third kappa shape index (κ3) is 3.09. The first-order valence-corrected chi connectivity index (χ1v) is 11.1. The summed E-state index contributed by atoms with van der Waals surface area (Å²) >= 11 is 1.63. The van der Waals surface area contributed by atoms with Gasteiger partial charge in [-0.3, -0.25) is 4.79 Å². The Morgan fingerprint density at radius 3 is 2.90 bits per heavy atom. The van der Waals surface area contributed by atoms with Crippen molar-refractivity contribution >= 4 is 39.1 Å². The van der Waals surface area contributed by atoms with Crippen molar-refractivity contribution in [3.63, 3.8) is 0 Å². The highest BCUT2D eigenvalue weighted by molar-refractivity contribution is 7.17. The number of fused-ring (bicyclic) bond motifs is 3. The number of aromatic amines is 1. The largest absolute Gasteiger partial charge is 0.338 e. The number of aryl methyl sites for hydroxylation is 2. The molecule has 0 atom stereocenters. The lowest BCUT2D eigenvalue weighted by atomic mass is 9.95. The number of imidazole rings is 1. The van der Waals surface area contributed by atoms with E-state index >= 15 is 0 Å². The number of aromatic nitrogens is 6. The van der Waals surface area contributed by atoms with Crippen molar-refractivity contribution in [2.75, 3.05) is 5.32 Å². The summed E-state index contributed by atoms with van der Waals surface area (Å²) < 4.78 is 1.52. The molecule has 1 aliphatic carbocycles. The van der Waals surface area contributed by atoms with Crippen LogP contribution in [0.5, 0.6) is 0 Å². The van der Waals surface area contributed by atoms with Crippen LogP contribution in [-0.4, -0.2) is 35.5 Å². The molecule has 4 heterocycles. The Hall–Kier alpha value is -3.59. The van der Waals surface area contributed by atoms with Crippen LogP contribution in [0.1, 0.15) is 39.6 Å². The smallest absolute Gasteiger partial charge is 0.296 e. The summed E-state index contributed by atoms with van der Waals surface area (Å²) in [4.78, 5) is 31.2. The molecule has 0 aliphatic heterocycles. The van der Waals surface area contributed by atoms with Crippen LogP contribution in [0.25, 0.3) is 28.2 Å². The monoisotopic (exact) mass is 429 g/mol. The van der Waals surface area contributed by atoms with Gasteiger partial charge in [0.25, 0.3) is 11.7 Å². The number of amides is 1. The summed E-state index contributed by atoms with van der Waals surface area (Å²) in [6, 6.07) is 9.79. The standard InChI is InChI=1S/C22H19N7OS/c1-12-10-11-29-22(23-12)26-19(28-29)20(30)27-21-17(13-6-2-5-9-16(13)31-21)18-24-14-7-3-4-8-15(14)25-18/h3-4,7-8,10-11H,2,5-6,9H2,1H3,(H,24,25)(H,27,30). The molecule has 1 amide bonds. The Kier molecular flexibility index (Phi) is 4.10. The molecular weight excluding hydrogens is 410 g/mol. The first-order valence-electron chi connectivity index (χ1n) is 10.3. The molecule has 154 valence electrons. The van der Waals surface area contributed by atoms with Gasteiger partial charge in [0.2, 0.25) is 5.82 Å². The minimum atomic E-state index is -0.348. The predicted octanol–water partition coefficient (Wildman–Crippen LogP) is 4.17. The van der Waals surface area contributed by atoms with Gasteiger partial charge in [0.1, 0.15) is 10.8 Å². The molecule has 0 unspecified atom stereocenters. The Balaban J connectivity index is 1.42. The van der Waals surface area contributed by atoms with Gasteiger partial charge >= 0.3 is 0 Å². The highest BCUT2D eigenvalue weighted by Crippen LogP contribution is 2.43. The molecule has 5 aromatic rings. The van der Waals surface area contributed by atoms with E-state index in [9.17, 15) is 4.79 Å². The van der Waals surface area contributed by atoms with Crippen LogP contribution in [0, 0.1) is 6.92 Å². The van der Waals surface area contributed by atoms with E-state index in [2.05, 4.69) is 25.4 Å². The van der Waals surface area contributed by atoms with Crippen LogP contribution >= 0.6 is 11.3 Å². The topological polar surface area (TPSA) is 101 Å². The van der Waals surface area contributed by atoms with Gasteiger partial charge < -0.3 is 10.3 Å². The predicted molar refractivity (Wildman–Crippen MR) is 120 cm³/mol. The van der Waals surface area contributed by atoms with E-state index in [0.717, 1.165) is 52.4 Å². The van der Waals surface area contributed by atoms with E-state index in [1.165, 1.54) is 21.4 Å². The normalized spacial score (nSPS) is 13.6. The van der Waals surface area contributed by atoms with Crippen molar-refractivity contribution in [1.29, 1.82) is 0 Å². The number of nitrogens with zero attached hydrogens (tertiary/aromatic N) is 5. The first kappa shape index (κ1) is 18.2. The van der Waals surface area contributed by atoms with Gasteiger partial charge in [0, 0.05) is 16.8 Å². The molecule has 0 radical (unpaired) electrons. The van der Waals surface area contributed by atoms with E-state index in [0.29, 0.717) is 5.78 Å². The molecule has 4 aromatic heterocycles. The molecule has 0 saturated heterocycles. The van der Waals surface area contributed by atoms with Gasteiger partial charge in [-0.2, -0.15) is 4.98 Å². The van der Waals surface area contributed by atoms with Crippen LogP contribution in [0.2, 0.25) is 0 Å². The quantitative estimate of drug-likeness (QED) is 0.448. The minimum Gasteiger partial charge on any atom is -0.338 e. The van der Waals surface area contributed by atoms with E-state index in [4.69, 9.17) is 4.98 Å². The number of carbonyl (C=O) groups is 1. The van der Waals surface area contributed by atoms with Gasteiger partial charge in [0.15, 0.2) is 0 Å². The molecule has 0 spiro atoms. The number of thiophene rings is 1. The van der Waals surface area contributed by atoms with Crippen LogP contribution < -0.4 is 5.32 Å². The highest BCUT2D eigenvalue weighted by Gasteiger charge is 2.26. The van der Waals surface area contributed by atoms with E-state index in [1.54, 1.807) is 17.5 Å². The molecule has 8 nitrogen and oxygen atoms in total. The Labute approximate surface area is 181 Å². The second kappa shape index (κ2) is 6.98. The number of carbonyl (C=O) groups excluding carboxylic acids is 1. The molecule has 31 heavy (non-hydrogen) atoms. The number of rotatable bonds is 3. The molecule has 0 fully saturated rings. The van der Waals surface area contributed by atoms with Gasteiger partial charge in [-0.05, 0) is 56.4 Å². The van der Waals surface area contributed by atoms with Crippen LogP contribution in [0.15, 0.2) is 36.5 Å². The number of hydrogen-bond donors (Lipinski definition) is 2. The maximum atomic E-state index is 13.0. The average Bonchev–Trinajstić information content (AvgIpc) is 3.47. The summed E-state index contributed by atoms with van der Waals surface area (Å²) in [6.45, 7) is 1.88. The van der Waals surface area contributed by atoms with Crippen molar-refractivity contribution in [1.82, 2.24) is 29.5 Å². The zero-order valence-electron chi connectivity index (χ0n) is 16.8. The second-order valence-electron chi connectivity index (χ2n) is 7.72. The fraction of sp³-hybridized carbons (Fsp3) is 0.227. The first-order chi connectivity index (χ1) is 15.2. The fourth-order valence-electron chi connectivity index (χ4n) is 4.10. The van der Waals surface area contributed by atoms with Crippen LogP contribution in [0.4, 0.5) is 5.00 Å². The van der Waals surface area contributed by atoms with Crippen LogP contribution in [0.3, 0.4) is 0 Å². The number of anilines is 1. The minimum absolute atomic E-state index is 0.0972. The summed E-state index contributed by atoms with van der Waals surface area (Å²) in [5, 5.41) is 8.13. The molecular formula is C22H19N7OS. The third-order valence-corrected chi connectivity index (χ3v) is 6.78. The molecule has 0 saturated carbocycles. The summed E-state index contributed by atoms with van der Waals surface area (Å²) in [6.07, 6.45) is 6.08. The molecule has 1 aliphatic rings. The SMILES string of the molecule is Cc1ccn2nc(C(=O)Nc3sc4c(c3-c3nc5ccccc5[nH]3)CCCC4)nc2n1. The molecule has 6 rings (SSSR count). The van der Waals surface area contributed by atoms with E-state index in [-0.39, 0.29) is 11.7 Å². The lowest BCUT2D eigenvalue weighted by Crippen LogP contribution is -2.14. The summed E-state index contributed by atoms with van der Waals surface area (Å²) in [5.41, 5.74) is 4.99. The number of H-pyrrole nitrogens is 1. The van der Waals surface area contributed by atoms with Crippen molar-refractivity contribution in [3.8, 4) is 11.4 Å². The maximum absolute atomic E-state index is 13.0. The Bertz CT molecular complexity index is 1430. The molecule has 1 aromatic carbocycles. The number of benzene rings is 1. The van der Waals surface area contributed by atoms with Gasteiger partial charge in [-0.1, -0.05) is 12.1 Å². The number of para-hydroxylation sites is 2. The highest BCUT2D eigenvalue weighted by atomic mass is 32.1. The molecule has 9 heteroatoms. The van der Waals surface area contributed by atoms with Crippen molar-refractivity contribution in [3.05, 3.63) is 58.5 Å². The van der Waals surface area contributed by atoms with Crippen molar-refractivity contribution in [2.45, 2.75) is 32.6 Å². The van der Waals surface area contributed by atoms with Crippen molar-refractivity contribution in [2.24, 2.45) is 0 Å². The van der Waals surface area contributed by atoms with Gasteiger partial charge in [-0.25, -0.2) is 14.5 Å². The van der Waals surface area contributed by atoms with E-state index in [1.807, 2.05) is 37.3 Å². The number of nitrogens with one attached hydrogen (secondary N) is 2. The lowest BCUT2D eigenvalue weighted by Gasteiger charge is -2.11. The Morgan fingerprint density at radius 1 is 1.13 bits per heavy atom. The zero-order chi connectivity index (χ0) is 20.9. The fourth-order valence-corrected chi connectivity index (χ4v) is 5.38. The average molecular weight is 430 g/mol.